The van der Waals surface area contributed by atoms with E-state index >= 15 is 0 Å². The molecule has 0 bridgehead atoms. The predicted octanol–water partition coefficient (Wildman–Crippen LogP) is 3.71. The minimum Gasteiger partial charge on any atom is -0.326 e. The number of nitrogens with zero attached hydrogens (tertiary/aromatic N) is 2. The summed E-state index contributed by atoms with van der Waals surface area (Å²) in [5.41, 5.74) is 2.72. The van der Waals surface area contributed by atoms with Gasteiger partial charge in [-0.05, 0) is 36.8 Å². The summed E-state index contributed by atoms with van der Waals surface area (Å²) in [6.07, 6.45) is 1.67. The number of benzene rings is 2. The molecule has 138 valence electrons. The van der Waals surface area contributed by atoms with Crippen LogP contribution in [0.15, 0.2) is 63.2 Å². The first-order valence-corrected chi connectivity index (χ1v) is 9.87. The molecule has 3 rings (SSSR count). The van der Waals surface area contributed by atoms with Crippen molar-refractivity contribution in [2.24, 2.45) is 10.2 Å². The van der Waals surface area contributed by atoms with Crippen LogP contribution in [0.25, 0.3) is 0 Å². The zero-order valence-corrected chi connectivity index (χ0v) is 16.9. The van der Waals surface area contributed by atoms with Crippen LogP contribution in [0.2, 0.25) is 0 Å². The van der Waals surface area contributed by atoms with Crippen molar-refractivity contribution in [3.8, 4) is 0 Å². The molecule has 2 aromatic rings. The summed E-state index contributed by atoms with van der Waals surface area (Å²) < 4.78 is 0.983. The van der Waals surface area contributed by atoms with Crippen LogP contribution in [0.5, 0.6) is 0 Å². The molecule has 2 aromatic carbocycles. The molecule has 2 amide bonds. The van der Waals surface area contributed by atoms with E-state index in [1.807, 2.05) is 55.5 Å². The summed E-state index contributed by atoms with van der Waals surface area (Å²) in [7, 11) is 0. The molecule has 0 spiro atoms. The highest BCUT2D eigenvalue weighted by molar-refractivity contribution is 9.10. The monoisotopic (exact) mass is 444 g/mol. The van der Waals surface area contributed by atoms with Gasteiger partial charge in [0.25, 0.3) is 0 Å². The van der Waals surface area contributed by atoms with Crippen LogP contribution < -0.4 is 10.6 Å². The van der Waals surface area contributed by atoms with Gasteiger partial charge in [-0.1, -0.05) is 57.5 Å². The van der Waals surface area contributed by atoms with Crippen LogP contribution >= 0.6 is 27.7 Å². The maximum atomic E-state index is 12.2. The largest absolute Gasteiger partial charge is 0.326 e. The number of aryl methyl sites for hydroxylation is 1. The highest BCUT2D eigenvalue weighted by atomic mass is 79.9. The molecular weight excluding hydrogens is 428 g/mol. The minimum absolute atomic E-state index is 0.0693. The van der Waals surface area contributed by atoms with E-state index in [1.54, 1.807) is 6.21 Å². The van der Waals surface area contributed by atoms with E-state index in [0.717, 1.165) is 15.6 Å². The molecule has 2 N–H and O–H groups in total. The second kappa shape index (κ2) is 8.96. The number of nitrogens with one attached hydrogen (secondary N) is 2. The molecular formula is C19H17BrN4O2S. The number of amidine groups is 1. The van der Waals surface area contributed by atoms with E-state index in [4.69, 9.17) is 0 Å². The molecule has 0 aromatic heterocycles. The van der Waals surface area contributed by atoms with Crippen LogP contribution in [-0.4, -0.2) is 28.4 Å². The molecule has 8 heteroatoms. The van der Waals surface area contributed by atoms with E-state index in [1.165, 1.54) is 11.8 Å². The number of carbonyl (C=O) groups is 2. The van der Waals surface area contributed by atoms with Crippen molar-refractivity contribution in [3.05, 3.63) is 64.1 Å². The lowest BCUT2D eigenvalue weighted by molar-refractivity contribution is -0.122. The van der Waals surface area contributed by atoms with Crippen LogP contribution in [0.3, 0.4) is 0 Å². The third kappa shape index (κ3) is 5.77. The SMILES string of the molecule is Cc1ccc(NC(=O)C[C@H]2S/C(=N/N=C\c3ccc(Br)cc3)NC2=O)cc1. The fourth-order valence-electron chi connectivity index (χ4n) is 2.30. The van der Waals surface area contributed by atoms with Crippen molar-refractivity contribution in [2.75, 3.05) is 5.32 Å². The van der Waals surface area contributed by atoms with Crippen molar-refractivity contribution in [1.29, 1.82) is 0 Å². The molecule has 6 nitrogen and oxygen atoms in total. The highest BCUT2D eigenvalue weighted by Crippen LogP contribution is 2.23. The van der Waals surface area contributed by atoms with Crippen LogP contribution in [0, 0.1) is 6.92 Å². The fourth-order valence-corrected chi connectivity index (χ4v) is 3.49. The van der Waals surface area contributed by atoms with Gasteiger partial charge < -0.3 is 10.6 Å². The predicted molar refractivity (Wildman–Crippen MR) is 113 cm³/mol. The Kier molecular flexibility index (Phi) is 6.41. The maximum absolute atomic E-state index is 12.2. The van der Waals surface area contributed by atoms with Crippen molar-refractivity contribution in [2.45, 2.75) is 18.6 Å². The smallest absolute Gasteiger partial charge is 0.240 e. The summed E-state index contributed by atoms with van der Waals surface area (Å²) in [5, 5.41) is 13.3. The van der Waals surface area contributed by atoms with Crippen LogP contribution in [0.1, 0.15) is 17.5 Å². The third-order valence-electron chi connectivity index (χ3n) is 3.71. The van der Waals surface area contributed by atoms with Crippen molar-refractivity contribution in [3.63, 3.8) is 0 Å². The normalized spacial score (nSPS) is 18.1. The second-order valence-corrected chi connectivity index (χ2v) is 8.02. The quantitative estimate of drug-likeness (QED) is 0.544. The first-order valence-electron chi connectivity index (χ1n) is 8.20. The average Bonchev–Trinajstić information content (AvgIpc) is 2.98. The molecule has 1 fully saturated rings. The van der Waals surface area contributed by atoms with Gasteiger partial charge in [-0.2, -0.15) is 5.10 Å². The number of halogens is 1. The van der Waals surface area contributed by atoms with Gasteiger partial charge in [0.15, 0.2) is 5.17 Å². The lowest BCUT2D eigenvalue weighted by Gasteiger charge is -2.07. The number of thioether (sulfide) groups is 1. The van der Waals surface area contributed by atoms with Crippen molar-refractivity contribution in [1.82, 2.24) is 5.32 Å². The number of rotatable bonds is 5. The fraction of sp³-hybridized carbons (Fsp3) is 0.158. The van der Waals surface area contributed by atoms with E-state index < -0.39 is 5.25 Å². The Morgan fingerprint density at radius 2 is 1.93 bits per heavy atom. The van der Waals surface area contributed by atoms with Gasteiger partial charge in [0.2, 0.25) is 11.8 Å². The first kappa shape index (κ1) is 19.3. The van der Waals surface area contributed by atoms with Gasteiger partial charge in [0, 0.05) is 16.6 Å². The van der Waals surface area contributed by atoms with Crippen LogP contribution in [-0.2, 0) is 9.59 Å². The maximum Gasteiger partial charge on any atom is 0.240 e. The summed E-state index contributed by atoms with van der Waals surface area (Å²) in [6.45, 7) is 1.98. The summed E-state index contributed by atoms with van der Waals surface area (Å²) in [4.78, 5) is 24.2. The Hall–Kier alpha value is -2.45. The Morgan fingerprint density at radius 3 is 2.63 bits per heavy atom. The topological polar surface area (TPSA) is 82.9 Å². The lowest BCUT2D eigenvalue weighted by Crippen LogP contribution is -2.28. The molecule has 27 heavy (non-hydrogen) atoms. The Labute approximate surface area is 169 Å². The molecule has 1 aliphatic rings. The summed E-state index contributed by atoms with van der Waals surface area (Å²) in [6, 6.07) is 15.1. The standard InChI is InChI=1S/C19H17BrN4O2S/c1-12-2-8-15(9-3-12)22-17(25)10-16-18(26)23-19(27-16)24-21-11-13-4-6-14(20)7-5-13/h2-9,11,16H,10H2,1H3,(H,22,25)(H,23,24,26)/b21-11-/t16-/m1/s1. The second-order valence-electron chi connectivity index (χ2n) is 5.92. The Bertz CT molecular complexity index is 895. The molecule has 0 aliphatic carbocycles. The number of anilines is 1. The third-order valence-corrected chi connectivity index (χ3v) is 5.31. The first-order chi connectivity index (χ1) is 13.0. The highest BCUT2D eigenvalue weighted by Gasteiger charge is 2.32. The summed E-state index contributed by atoms with van der Waals surface area (Å²) >= 11 is 4.57. The Morgan fingerprint density at radius 1 is 1.22 bits per heavy atom. The number of carbonyl (C=O) groups excluding carboxylic acids is 2. The van der Waals surface area contributed by atoms with Gasteiger partial charge in [0.05, 0.1) is 6.21 Å². The van der Waals surface area contributed by atoms with Gasteiger partial charge >= 0.3 is 0 Å². The molecule has 1 atom stereocenters. The molecule has 1 aliphatic heterocycles. The average molecular weight is 445 g/mol. The van der Waals surface area contributed by atoms with Crippen molar-refractivity contribution < 1.29 is 9.59 Å². The molecule has 0 radical (unpaired) electrons. The van der Waals surface area contributed by atoms with Gasteiger partial charge in [-0.3, -0.25) is 9.59 Å². The zero-order valence-electron chi connectivity index (χ0n) is 14.5. The molecule has 1 heterocycles. The summed E-state index contributed by atoms with van der Waals surface area (Å²) in [5.74, 6) is -0.456. The van der Waals surface area contributed by atoms with E-state index in [-0.39, 0.29) is 18.2 Å². The van der Waals surface area contributed by atoms with Gasteiger partial charge in [-0.15, -0.1) is 5.10 Å². The minimum atomic E-state index is -0.517. The van der Waals surface area contributed by atoms with Crippen LogP contribution in [0.4, 0.5) is 5.69 Å². The van der Waals surface area contributed by atoms with Gasteiger partial charge in [-0.25, -0.2) is 0 Å². The van der Waals surface area contributed by atoms with E-state index in [9.17, 15) is 9.59 Å². The Balaban J connectivity index is 1.54. The van der Waals surface area contributed by atoms with Crippen molar-refractivity contribution >= 4 is 56.6 Å². The molecule has 0 saturated carbocycles. The zero-order chi connectivity index (χ0) is 19.2. The molecule has 0 unspecified atom stereocenters. The molecule has 1 saturated heterocycles. The number of amides is 2. The lowest BCUT2D eigenvalue weighted by atomic mass is 10.2. The van der Waals surface area contributed by atoms with E-state index in [0.29, 0.717) is 10.9 Å². The number of hydrogen-bond acceptors (Lipinski definition) is 5. The number of hydrogen-bond donors (Lipinski definition) is 2. The van der Waals surface area contributed by atoms with E-state index in [2.05, 4.69) is 36.8 Å². The van der Waals surface area contributed by atoms with Gasteiger partial charge in [0.1, 0.15) is 5.25 Å².